The lowest BCUT2D eigenvalue weighted by molar-refractivity contribution is -0.128. The summed E-state index contributed by atoms with van der Waals surface area (Å²) < 4.78 is 13.3. The Labute approximate surface area is 146 Å². The maximum atomic E-state index is 13.3. The maximum absolute atomic E-state index is 13.3. The number of benzene rings is 1. The van der Waals surface area contributed by atoms with Gasteiger partial charge in [-0.3, -0.25) is 4.79 Å². The Morgan fingerprint density at radius 2 is 2.00 bits per heavy atom. The van der Waals surface area contributed by atoms with E-state index in [1.54, 1.807) is 23.9 Å². The quantitative estimate of drug-likeness (QED) is 0.798. The fourth-order valence-electron chi connectivity index (χ4n) is 3.29. The monoisotopic (exact) mass is 356 g/mol. The standard InChI is InChI=1S/C17H22ClFN2OS/c18-14-11-13(5-6-15(14)19)17-21(16(22)12-23-17)10-4-9-20-7-2-1-3-8-20/h5-6,11,17H,1-4,7-10,12H2. The van der Waals surface area contributed by atoms with Crippen LogP contribution in [-0.2, 0) is 4.79 Å². The van der Waals surface area contributed by atoms with Crippen LogP contribution >= 0.6 is 23.4 Å². The van der Waals surface area contributed by atoms with E-state index in [0.717, 1.165) is 25.1 Å². The van der Waals surface area contributed by atoms with Gasteiger partial charge in [-0.15, -0.1) is 11.8 Å². The molecule has 2 aliphatic heterocycles. The van der Waals surface area contributed by atoms with Crippen molar-refractivity contribution in [2.45, 2.75) is 31.1 Å². The number of halogens is 2. The number of likely N-dealkylation sites (tertiary alicyclic amines) is 1. The summed E-state index contributed by atoms with van der Waals surface area (Å²) in [6.07, 6.45) is 4.90. The highest BCUT2D eigenvalue weighted by atomic mass is 35.5. The van der Waals surface area contributed by atoms with Crippen LogP contribution in [0.3, 0.4) is 0 Å². The van der Waals surface area contributed by atoms with E-state index in [9.17, 15) is 9.18 Å². The second-order valence-electron chi connectivity index (χ2n) is 6.18. The van der Waals surface area contributed by atoms with Gasteiger partial charge in [0, 0.05) is 6.54 Å². The van der Waals surface area contributed by atoms with Gasteiger partial charge in [-0.25, -0.2) is 4.39 Å². The molecule has 0 spiro atoms. The molecule has 2 aliphatic rings. The first-order valence-corrected chi connectivity index (χ1v) is 9.66. The molecule has 2 saturated heterocycles. The Bertz CT molecular complexity index is 566. The first-order chi connectivity index (χ1) is 11.1. The first-order valence-electron chi connectivity index (χ1n) is 8.23. The van der Waals surface area contributed by atoms with Crippen LogP contribution in [0.1, 0.15) is 36.6 Å². The molecule has 0 aromatic heterocycles. The third-order valence-electron chi connectivity index (χ3n) is 4.52. The van der Waals surface area contributed by atoms with Gasteiger partial charge < -0.3 is 9.80 Å². The van der Waals surface area contributed by atoms with E-state index in [1.807, 2.05) is 4.90 Å². The van der Waals surface area contributed by atoms with Crippen molar-refractivity contribution < 1.29 is 9.18 Å². The average molecular weight is 357 g/mol. The van der Waals surface area contributed by atoms with Gasteiger partial charge in [0.05, 0.1) is 10.8 Å². The molecule has 1 aromatic rings. The van der Waals surface area contributed by atoms with Crippen LogP contribution in [0.15, 0.2) is 18.2 Å². The van der Waals surface area contributed by atoms with Crippen molar-refractivity contribution >= 4 is 29.3 Å². The summed E-state index contributed by atoms with van der Waals surface area (Å²) in [6.45, 7) is 4.16. The Balaban J connectivity index is 1.59. The number of carbonyl (C=O) groups excluding carboxylic acids is 1. The minimum Gasteiger partial charge on any atom is -0.326 e. The predicted molar refractivity (Wildman–Crippen MR) is 93.2 cm³/mol. The van der Waals surface area contributed by atoms with Gasteiger partial charge in [0.25, 0.3) is 0 Å². The second-order valence-corrected chi connectivity index (χ2v) is 7.66. The number of hydrogen-bond acceptors (Lipinski definition) is 3. The van der Waals surface area contributed by atoms with E-state index in [0.29, 0.717) is 5.75 Å². The largest absolute Gasteiger partial charge is 0.326 e. The number of amides is 1. The highest BCUT2D eigenvalue weighted by Crippen LogP contribution is 2.39. The Morgan fingerprint density at radius 1 is 1.22 bits per heavy atom. The van der Waals surface area contributed by atoms with Gasteiger partial charge in [-0.2, -0.15) is 0 Å². The number of rotatable bonds is 5. The number of thioether (sulfide) groups is 1. The Morgan fingerprint density at radius 3 is 2.74 bits per heavy atom. The van der Waals surface area contributed by atoms with Crippen LogP contribution in [0.2, 0.25) is 5.02 Å². The molecule has 3 rings (SSSR count). The minimum absolute atomic E-state index is 0.0399. The van der Waals surface area contributed by atoms with Crippen molar-refractivity contribution in [2.24, 2.45) is 0 Å². The lowest BCUT2D eigenvalue weighted by Crippen LogP contribution is -2.34. The fourth-order valence-corrected chi connectivity index (χ4v) is 4.68. The molecule has 1 amide bonds. The molecule has 0 radical (unpaired) electrons. The zero-order valence-electron chi connectivity index (χ0n) is 13.1. The molecule has 2 heterocycles. The molecule has 3 nitrogen and oxygen atoms in total. The van der Waals surface area contributed by atoms with Crippen molar-refractivity contribution in [3.8, 4) is 0 Å². The van der Waals surface area contributed by atoms with E-state index in [4.69, 9.17) is 11.6 Å². The molecule has 126 valence electrons. The number of nitrogens with zero attached hydrogens (tertiary/aromatic N) is 2. The van der Waals surface area contributed by atoms with Gasteiger partial charge >= 0.3 is 0 Å². The normalized spacial score (nSPS) is 22.8. The van der Waals surface area contributed by atoms with Crippen LogP contribution in [-0.4, -0.2) is 47.6 Å². The third kappa shape index (κ3) is 4.20. The lowest BCUT2D eigenvalue weighted by atomic mass is 10.1. The molecule has 1 aromatic carbocycles. The van der Waals surface area contributed by atoms with E-state index < -0.39 is 5.82 Å². The summed E-state index contributed by atoms with van der Waals surface area (Å²) >= 11 is 7.48. The molecule has 0 bridgehead atoms. The summed E-state index contributed by atoms with van der Waals surface area (Å²) in [7, 11) is 0. The van der Waals surface area contributed by atoms with Crippen molar-refractivity contribution in [3.63, 3.8) is 0 Å². The van der Waals surface area contributed by atoms with E-state index in [1.165, 1.54) is 38.4 Å². The zero-order chi connectivity index (χ0) is 16.2. The van der Waals surface area contributed by atoms with Gasteiger partial charge in [0.1, 0.15) is 11.2 Å². The van der Waals surface area contributed by atoms with Crippen LogP contribution in [0, 0.1) is 5.82 Å². The molecule has 2 fully saturated rings. The lowest BCUT2D eigenvalue weighted by Gasteiger charge is -2.29. The first kappa shape index (κ1) is 17.1. The van der Waals surface area contributed by atoms with Crippen molar-refractivity contribution in [1.29, 1.82) is 0 Å². The van der Waals surface area contributed by atoms with Crippen molar-refractivity contribution in [1.82, 2.24) is 9.80 Å². The Kier molecular flexibility index (Phi) is 5.83. The zero-order valence-corrected chi connectivity index (χ0v) is 14.7. The predicted octanol–water partition coefficient (Wildman–Crippen LogP) is 3.93. The Hall–Kier alpha value is -0.780. The molecule has 0 saturated carbocycles. The van der Waals surface area contributed by atoms with Crippen molar-refractivity contribution in [3.05, 3.63) is 34.6 Å². The topological polar surface area (TPSA) is 23.6 Å². The van der Waals surface area contributed by atoms with Crippen LogP contribution in [0.25, 0.3) is 0 Å². The molecular formula is C17H22ClFN2OS. The van der Waals surface area contributed by atoms with E-state index in [2.05, 4.69) is 4.90 Å². The summed E-state index contributed by atoms with van der Waals surface area (Å²) in [4.78, 5) is 16.6. The highest BCUT2D eigenvalue weighted by molar-refractivity contribution is 8.00. The van der Waals surface area contributed by atoms with Gasteiger partial charge in [-0.1, -0.05) is 24.1 Å². The average Bonchev–Trinajstić information content (AvgIpc) is 2.92. The van der Waals surface area contributed by atoms with Crippen LogP contribution in [0.5, 0.6) is 0 Å². The third-order valence-corrected chi connectivity index (χ3v) is 6.06. The number of hydrogen-bond donors (Lipinski definition) is 0. The van der Waals surface area contributed by atoms with Gasteiger partial charge in [-0.05, 0) is 56.6 Å². The minimum atomic E-state index is -0.415. The molecule has 6 heteroatoms. The molecule has 1 atom stereocenters. The highest BCUT2D eigenvalue weighted by Gasteiger charge is 2.32. The summed E-state index contributed by atoms with van der Waals surface area (Å²) in [6, 6.07) is 4.76. The molecule has 23 heavy (non-hydrogen) atoms. The van der Waals surface area contributed by atoms with Crippen molar-refractivity contribution in [2.75, 3.05) is 31.9 Å². The molecular weight excluding hydrogens is 335 g/mol. The molecule has 1 unspecified atom stereocenters. The van der Waals surface area contributed by atoms with Crippen LogP contribution < -0.4 is 0 Å². The number of piperidine rings is 1. The van der Waals surface area contributed by atoms with Gasteiger partial charge in [0.15, 0.2) is 0 Å². The van der Waals surface area contributed by atoms with E-state index in [-0.39, 0.29) is 16.3 Å². The summed E-state index contributed by atoms with van der Waals surface area (Å²) in [5, 5.41) is 0.0812. The number of carbonyl (C=O) groups is 1. The smallest absolute Gasteiger partial charge is 0.233 e. The second kappa shape index (κ2) is 7.86. The van der Waals surface area contributed by atoms with E-state index >= 15 is 0 Å². The molecule has 0 N–H and O–H groups in total. The van der Waals surface area contributed by atoms with Crippen LogP contribution in [0.4, 0.5) is 4.39 Å². The summed E-state index contributed by atoms with van der Waals surface area (Å²) in [5.41, 5.74) is 0.908. The SMILES string of the molecule is O=C1CSC(c2ccc(F)c(Cl)c2)N1CCCN1CCCCC1. The fraction of sp³-hybridized carbons (Fsp3) is 0.588. The molecule has 0 aliphatic carbocycles. The summed E-state index contributed by atoms with van der Waals surface area (Å²) in [5.74, 6) is 0.240. The van der Waals surface area contributed by atoms with Gasteiger partial charge in [0.2, 0.25) is 5.91 Å². The maximum Gasteiger partial charge on any atom is 0.233 e.